The number of hydrogen-bond acceptors (Lipinski definition) is 1. The van der Waals surface area contributed by atoms with Crippen LogP contribution >= 0.6 is 0 Å². The second kappa shape index (κ2) is 4.00. The van der Waals surface area contributed by atoms with Gasteiger partial charge < -0.3 is 5.32 Å². The van der Waals surface area contributed by atoms with Gasteiger partial charge in [0.05, 0.1) is 0 Å². The van der Waals surface area contributed by atoms with Gasteiger partial charge in [0.25, 0.3) is 0 Å². The molecule has 1 aliphatic rings. The van der Waals surface area contributed by atoms with Crippen LogP contribution in [0.5, 0.6) is 0 Å². The Morgan fingerprint density at radius 1 is 1.15 bits per heavy atom. The fraction of sp³-hybridized carbons (Fsp3) is 1.00. The molecule has 0 aromatic carbocycles. The Bertz CT molecular complexity index is 147. The van der Waals surface area contributed by atoms with Crippen molar-refractivity contribution in [1.29, 1.82) is 0 Å². The van der Waals surface area contributed by atoms with Gasteiger partial charge in [0, 0.05) is 6.04 Å². The smallest absolute Gasteiger partial charge is 0.00902 e. The minimum absolute atomic E-state index is 0.481. The van der Waals surface area contributed by atoms with E-state index in [1.165, 1.54) is 19.4 Å². The summed E-state index contributed by atoms with van der Waals surface area (Å²) < 4.78 is 0. The molecule has 0 saturated carbocycles. The van der Waals surface area contributed by atoms with Gasteiger partial charge in [-0.2, -0.15) is 0 Å². The standard InChI is InChI=1S/C12H25N/c1-9(2)11-7-6-10(8-13-11)12(3,4)5/h9-11,13H,6-8H2,1-5H3. The van der Waals surface area contributed by atoms with E-state index in [1.807, 2.05) is 0 Å². The van der Waals surface area contributed by atoms with Crippen LogP contribution in [0.2, 0.25) is 0 Å². The van der Waals surface area contributed by atoms with Crippen molar-refractivity contribution in [3.8, 4) is 0 Å². The summed E-state index contributed by atoms with van der Waals surface area (Å²) in [6.07, 6.45) is 2.76. The number of rotatable bonds is 1. The van der Waals surface area contributed by atoms with Gasteiger partial charge in [-0.05, 0) is 36.6 Å². The monoisotopic (exact) mass is 183 g/mol. The summed E-state index contributed by atoms with van der Waals surface area (Å²) in [7, 11) is 0. The minimum Gasteiger partial charge on any atom is -0.313 e. The van der Waals surface area contributed by atoms with Crippen LogP contribution in [0.25, 0.3) is 0 Å². The summed E-state index contributed by atoms with van der Waals surface area (Å²) in [5.74, 6) is 1.66. The van der Waals surface area contributed by atoms with Gasteiger partial charge in [-0.3, -0.25) is 0 Å². The third kappa shape index (κ3) is 2.98. The average Bonchev–Trinajstić information content (AvgIpc) is 2.03. The first-order valence-corrected chi connectivity index (χ1v) is 5.64. The van der Waals surface area contributed by atoms with Crippen LogP contribution in [0, 0.1) is 17.3 Å². The van der Waals surface area contributed by atoms with E-state index in [4.69, 9.17) is 0 Å². The molecule has 1 nitrogen and oxygen atoms in total. The van der Waals surface area contributed by atoms with Crippen molar-refractivity contribution in [2.45, 2.75) is 53.5 Å². The van der Waals surface area contributed by atoms with Crippen LogP contribution in [0.4, 0.5) is 0 Å². The lowest BCUT2D eigenvalue weighted by Gasteiger charge is -2.39. The predicted octanol–water partition coefficient (Wildman–Crippen LogP) is 3.06. The highest BCUT2D eigenvalue weighted by Crippen LogP contribution is 2.32. The molecule has 0 bridgehead atoms. The highest BCUT2D eigenvalue weighted by molar-refractivity contribution is 4.85. The Labute approximate surface area is 83.3 Å². The van der Waals surface area contributed by atoms with Crippen molar-refractivity contribution < 1.29 is 0 Å². The Morgan fingerprint density at radius 2 is 1.77 bits per heavy atom. The molecule has 2 atom stereocenters. The highest BCUT2D eigenvalue weighted by atomic mass is 14.9. The molecule has 0 aromatic rings. The molecule has 0 amide bonds. The van der Waals surface area contributed by atoms with E-state index in [0.29, 0.717) is 5.41 Å². The zero-order chi connectivity index (χ0) is 10.1. The van der Waals surface area contributed by atoms with E-state index in [-0.39, 0.29) is 0 Å². The lowest BCUT2D eigenvalue weighted by atomic mass is 9.74. The molecule has 0 aliphatic carbocycles. The molecular weight excluding hydrogens is 158 g/mol. The van der Waals surface area contributed by atoms with Crippen LogP contribution in [0.3, 0.4) is 0 Å². The van der Waals surface area contributed by atoms with Crippen LogP contribution < -0.4 is 5.32 Å². The van der Waals surface area contributed by atoms with Gasteiger partial charge in [0.1, 0.15) is 0 Å². The molecule has 1 fully saturated rings. The number of nitrogens with one attached hydrogen (secondary N) is 1. The van der Waals surface area contributed by atoms with Gasteiger partial charge in [-0.15, -0.1) is 0 Å². The van der Waals surface area contributed by atoms with Crippen molar-refractivity contribution in [2.24, 2.45) is 17.3 Å². The second-order valence-corrected chi connectivity index (χ2v) is 5.90. The van der Waals surface area contributed by atoms with Crippen molar-refractivity contribution in [2.75, 3.05) is 6.54 Å². The summed E-state index contributed by atoms with van der Waals surface area (Å²) in [5.41, 5.74) is 0.481. The molecule has 1 aliphatic heterocycles. The highest BCUT2D eigenvalue weighted by Gasteiger charge is 2.29. The zero-order valence-electron chi connectivity index (χ0n) is 9.85. The van der Waals surface area contributed by atoms with Gasteiger partial charge in [-0.1, -0.05) is 34.6 Å². The lowest BCUT2D eigenvalue weighted by molar-refractivity contribution is 0.157. The van der Waals surface area contributed by atoms with Gasteiger partial charge in [0.2, 0.25) is 0 Å². The third-order valence-electron chi connectivity index (χ3n) is 3.48. The normalized spacial score (nSPS) is 30.9. The van der Waals surface area contributed by atoms with Crippen molar-refractivity contribution in [1.82, 2.24) is 5.32 Å². The van der Waals surface area contributed by atoms with Gasteiger partial charge in [-0.25, -0.2) is 0 Å². The van der Waals surface area contributed by atoms with Crippen LogP contribution in [-0.4, -0.2) is 12.6 Å². The predicted molar refractivity (Wildman–Crippen MR) is 58.8 cm³/mol. The van der Waals surface area contributed by atoms with Crippen molar-refractivity contribution >= 4 is 0 Å². The molecule has 0 spiro atoms. The topological polar surface area (TPSA) is 12.0 Å². The molecule has 13 heavy (non-hydrogen) atoms. The Morgan fingerprint density at radius 3 is 2.08 bits per heavy atom. The fourth-order valence-corrected chi connectivity index (χ4v) is 2.19. The van der Waals surface area contributed by atoms with Crippen LogP contribution in [0.1, 0.15) is 47.5 Å². The van der Waals surface area contributed by atoms with E-state index in [0.717, 1.165) is 17.9 Å². The zero-order valence-corrected chi connectivity index (χ0v) is 9.85. The molecule has 1 rings (SSSR count). The van der Waals surface area contributed by atoms with Crippen molar-refractivity contribution in [3.05, 3.63) is 0 Å². The average molecular weight is 183 g/mol. The van der Waals surface area contributed by atoms with Gasteiger partial charge in [0.15, 0.2) is 0 Å². The van der Waals surface area contributed by atoms with Crippen LogP contribution in [-0.2, 0) is 0 Å². The first-order chi connectivity index (χ1) is 5.91. The van der Waals surface area contributed by atoms with E-state index in [1.54, 1.807) is 0 Å². The molecule has 1 heterocycles. The van der Waals surface area contributed by atoms with Crippen molar-refractivity contribution in [3.63, 3.8) is 0 Å². The summed E-state index contributed by atoms with van der Waals surface area (Å²) >= 11 is 0. The number of hydrogen-bond donors (Lipinski definition) is 1. The summed E-state index contributed by atoms with van der Waals surface area (Å²) in [5, 5.41) is 3.68. The Hall–Kier alpha value is -0.0400. The molecular formula is C12H25N. The molecule has 0 aromatic heterocycles. The maximum atomic E-state index is 3.68. The van der Waals surface area contributed by atoms with E-state index >= 15 is 0 Å². The number of piperidine rings is 1. The molecule has 2 unspecified atom stereocenters. The fourth-order valence-electron chi connectivity index (χ4n) is 2.19. The minimum atomic E-state index is 0.481. The van der Waals surface area contributed by atoms with E-state index in [9.17, 15) is 0 Å². The quantitative estimate of drug-likeness (QED) is 0.659. The summed E-state index contributed by atoms with van der Waals surface area (Å²) in [6, 6.07) is 0.763. The molecule has 0 radical (unpaired) electrons. The summed E-state index contributed by atoms with van der Waals surface area (Å²) in [4.78, 5) is 0. The lowest BCUT2D eigenvalue weighted by Crippen LogP contribution is -2.45. The molecule has 1 N–H and O–H groups in total. The van der Waals surface area contributed by atoms with E-state index < -0.39 is 0 Å². The maximum absolute atomic E-state index is 3.68. The Balaban J connectivity index is 2.39. The Kier molecular flexibility index (Phi) is 3.39. The second-order valence-electron chi connectivity index (χ2n) is 5.90. The van der Waals surface area contributed by atoms with E-state index in [2.05, 4.69) is 39.9 Å². The molecule has 1 heteroatoms. The van der Waals surface area contributed by atoms with Gasteiger partial charge >= 0.3 is 0 Å². The largest absolute Gasteiger partial charge is 0.313 e. The first-order valence-electron chi connectivity index (χ1n) is 5.64. The molecule has 78 valence electrons. The first kappa shape index (κ1) is 11.0. The molecule has 1 saturated heterocycles. The maximum Gasteiger partial charge on any atom is 0.00902 e. The van der Waals surface area contributed by atoms with Crippen LogP contribution in [0.15, 0.2) is 0 Å². The third-order valence-corrected chi connectivity index (χ3v) is 3.48. The SMILES string of the molecule is CC(C)C1CCC(C(C)(C)C)CN1. The summed E-state index contributed by atoms with van der Waals surface area (Å²) in [6.45, 7) is 12.9.